The zero-order valence-corrected chi connectivity index (χ0v) is 15.9. The maximum Gasteiger partial charge on any atom is 0.272 e. The highest BCUT2D eigenvalue weighted by Gasteiger charge is 2.26. The van der Waals surface area contributed by atoms with Crippen LogP contribution in [0.2, 0.25) is 5.02 Å². The van der Waals surface area contributed by atoms with Crippen LogP contribution in [-0.4, -0.2) is 53.8 Å². The molecule has 0 spiro atoms. The Labute approximate surface area is 161 Å². The van der Waals surface area contributed by atoms with Gasteiger partial charge in [0.25, 0.3) is 5.91 Å². The third-order valence-electron chi connectivity index (χ3n) is 4.60. The minimum absolute atomic E-state index is 0.00767. The van der Waals surface area contributed by atoms with Crippen molar-refractivity contribution >= 4 is 38.2 Å². The van der Waals surface area contributed by atoms with E-state index in [-0.39, 0.29) is 30.5 Å². The second-order valence-electron chi connectivity index (χ2n) is 6.41. The molecule has 8 heteroatoms. The van der Waals surface area contributed by atoms with Gasteiger partial charge >= 0.3 is 0 Å². The van der Waals surface area contributed by atoms with Crippen molar-refractivity contribution in [3.05, 3.63) is 59.5 Å². The van der Waals surface area contributed by atoms with E-state index in [0.29, 0.717) is 16.2 Å². The summed E-state index contributed by atoms with van der Waals surface area (Å²) in [6, 6.07) is 10.8. The fourth-order valence-electron chi connectivity index (χ4n) is 3.08. The van der Waals surface area contributed by atoms with E-state index < -0.39 is 9.84 Å². The molecule has 0 unspecified atom stereocenters. The van der Waals surface area contributed by atoms with E-state index >= 15 is 0 Å². The number of fused-ring (bicyclic) bond motifs is 1. The molecule has 2 aromatic heterocycles. The lowest BCUT2D eigenvalue weighted by Crippen LogP contribution is -2.44. The predicted molar refractivity (Wildman–Crippen MR) is 105 cm³/mol. The van der Waals surface area contributed by atoms with Crippen LogP contribution < -0.4 is 0 Å². The third-order valence-corrected chi connectivity index (χ3v) is 6.47. The normalized spacial score (nSPS) is 16.4. The summed E-state index contributed by atoms with van der Waals surface area (Å²) in [5.74, 6) is -0.274. The SMILES string of the molecule is O=C(c1ccc2cncc(-c3ccc(Cl)cc3)c2n1)N1CCS(=O)(=O)CC1. The van der Waals surface area contributed by atoms with Crippen LogP contribution in [0.15, 0.2) is 48.8 Å². The summed E-state index contributed by atoms with van der Waals surface area (Å²) in [5, 5.41) is 1.45. The average molecular weight is 402 g/mol. The fourth-order valence-corrected chi connectivity index (χ4v) is 4.41. The van der Waals surface area contributed by atoms with Gasteiger partial charge in [-0.15, -0.1) is 0 Å². The van der Waals surface area contributed by atoms with E-state index in [2.05, 4.69) is 9.97 Å². The van der Waals surface area contributed by atoms with Crippen LogP contribution in [0, 0.1) is 0 Å². The van der Waals surface area contributed by atoms with E-state index in [4.69, 9.17) is 11.6 Å². The van der Waals surface area contributed by atoms with Gasteiger partial charge in [0.2, 0.25) is 0 Å². The summed E-state index contributed by atoms with van der Waals surface area (Å²) >= 11 is 5.97. The fraction of sp³-hybridized carbons (Fsp3) is 0.211. The molecule has 3 heterocycles. The maximum atomic E-state index is 12.8. The van der Waals surface area contributed by atoms with Crippen LogP contribution in [0.25, 0.3) is 22.0 Å². The van der Waals surface area contributed by atoms with E-state index in [1.54, 1.807) is 35.5 Å². The Morgan fingerprint density at radius 1 is 1.00 bits per heavy atom. The van der Waals surface area contributed by atoms with Crippen molar-refractivity contribution in [2.45, 2.75) is 0 Å². The second-order valence-corrected chi connectivity index (χ2v) is 9.15. The minimum atomic E-state index is -3.05. The van der Waals surface area contributed by atoms with Crippen molar-refractivity contribution < 1.29 is 13.2 Å². The van der Waals surface area contributed by atoms with Gasteiger partial charge in [-0.25, -0.2) is 13.4 Å². The molecule has 27 heavy (non-hydrogen) atoms. The van der Waals surface area contributed by atoms with Crippen molar-refractivity contribution in [2.24, 2.45) is 0 Å². The van der Waals surface area contributed by atoms with Crippen molar-refractivity contribution in [3.63, 3.8) is 0 Å². The monoisotopic (exact) mass is 401 g/mol. The Morgan fingerprint density at radius 3 is 2.41 bits per heavy atom. The molecule has 0 bridgehead atoms. The molecule has 1 aliphatic heterocycles. The largest absolute Gasteiger partial charge is 0.335 e. The van der Waals surface area contributed by atoms with Gasteiger partial charge in [-0.1, -0.05) is 23.7 Å². The second kappa shape index (κ2) is 6.90. The number of pyridine rings is 2. The number of nitrogens with zero attached hydrogens (tertiary/aromatic N) is 3. The number of carbonyl (C=O) groups is 1. The number of sulfone groups is 1. The zero-order valence-electron chi connectivity index (χ0n) is 14.3. The number of rotatable bonds is 2. The van der Waals surface area contributed by atoms with Gasteiger partial charge < -0.3 is 4.90 Å². The lowest BCUT2D eigenvalue weighted by Gasteiger charge is -2.26. The molecule has 0 aliphatic carbocycles. The van der Waals surface area contributed by atoms with E-state index in [1.165, 1.54) is 0 Å². The molecule has 1 aliphatic rings. The highest BCUT2D eigenvalue weighted by atomic mass is 35.5. The van der Waals surface area contributed by atoms with E-state index in [0.717, 1.165) is 16.5 Å². The maximum absolute atomic E-state index is 12.8. The third kappa shape index (κ3) is 3.65. The standard InChI is InChI=1S/C19H16ClN3O3S/c20-15-4-1-13(2-5-15)16-12-21-11-14-3-6-17(22-18(14)16)19(24)23-7-9-27(25,26)10-8-23/h1-6,11-12H,7-10H2. The first-order valence-corrected chi connectivity index (χ1v) is 10.6. The highest BCUT2D eigenvalue weighted by molar-refractivity contribution is 7.91. The number of carbonyl (C=O) groups excluding carboxylic acids is 1. The predicted octanol–water partition coefficient (Wildman–Crippen LogP) is 2.82. The topological polar surface area (TPSA) is 80.2 Å². The number of aromatic nitrogens is 2. The van der Waals surface area contributed by atoms with Gasteiger partial charge in [0.1, 0.15) is 5.69 Å². The summed E-state index contributed by atoms with van der Waals surface area (Å²) in [4.78, 5) is 23.2. The molecular formula is C19H16ClN3O3S. The molecule has 0 atom stereocenters. The number of halogens is 1. The Bertz CT molecular complexity index is 1120. The van der Waals surface area contributed by atoms with Gasteiger partial charge in [0, 0.05) is 41.5 Å². The quantitative estimate of drug-likeness (QED) is 0.659. The summed E-state index contributed by atoms with van der Waals surface area (Å²) in [5.41, 5.74) is 2.67. The van der Waals surface area contributed by atoms with Gasteiger partial charge in [-0.3, -0.25) is 9.78 Å². The molecule has 3 aromatic rings. The van der Waals surface area contributed by atoms with Crippen molar-refractivity contribution in [1.82, 2.24) is 14.9 Å². The zero-order chi connectivity index (χ0) is 19.0. The molecule has 1 aromatic carbocycles. The first-order chi connectivity index (χ1) is 12.9. The number of hydrogen-bond acceptors (Lipinski definition) is 5. The van der Waals surface area contributed by atoms with E-state index in [1.807, 2.05) is 18.2 Å². The number of hydrogen-bond donors (Lipinski definition) is 0. The van der Waals surface area contributed by atoms with Crippen molar-refractivity contribution in [2.75, 3.05) is 24.6 Å². The Hall–Kier alpha value is -2.51. The first-order valence-electron chi connectivity index (χ1n) is 8.43. The van der Waals surface area contributed by atoms with Crippen molar-refractivity contribution in [3.8, 4) is 11.1 Å². The summed E-state index contributed by atoms with van der Waals surface area (Å²) in [6.45, 7) is 0.391. The Morgan fingerprint density at radius 2 is 1.70 bits per heavy atom. The molecule has 0 N–H and O–H groups in total. The molecule has 0 saturated carbocycles. The molecule has 1 fully saturated rings. The lowest BCUT2D eigenvalue weighted by molar-refractivity contribution is 0.0765. The number of amides is 1. The van der Waals surface area contributed by atoms with Crippen LogP contribution in [0.1, 0.15) is 10.5 Å². The van der Waals surface area contributed by atoms with Crippen LogP contribution >= 0.6 is 11.6 Å². The minimum Gasteiger partial charge on any atom is -0.335 e. The van der Waals surface area contributed by atoms with Crippen LogP contribution in [0.4, 0.5) is 0 Å². The highest BCUT2D eigenvalue weighted by Crippen LogP contribution is 2.27. The van der Waals surface area contributed by atoms with Crippen LogP contribution in [-0.2, 0) is 9.84 Å². The molecule has 4 rings (SSSR count). The molecule has 138 valence electrons. The smallest absolute Gasteiger partial charge is 0.272 e. The Kier molecular flexibility index (Phi) is 4.57. The lowest BCUT2D eigenvalue weighted by atomic mass is 10.0. The van der Waals surface area contributed by atoms with Gasteiger partial charge in [0.15, 0.2) is 9.84 Å². The first kappa shape index (κ1) is 17.9. The summed E-state index contributed by atoms with van der Waals surface area (Å²) in [6.07, 6.45) is 3.41. The van der Waals surface area contributed by atoms with Gasteiger partial charge in [0.05, 0.1) is 17.0 Å². The van der Waals surface area contributed by atoms with Crippen LogP contribution in [0.5, 0.6) is 0 Å². The molecule has 1 amide bonds. The van der Waals surface area contributed by atoms with Crippen LogP contribution in [0.3, 0.4) is 0 Å². The molecule has 6 nitrogen and oxygen atoms in total. The average Bonchev–Trinajstić information content (AvgIpc) is 2.67. The van der Waals surface area contributed by atoms with Crippen molar-refractivity contribution in [1.29, 1.82) is 0 Å². The van der Waals surface area contributed by atoms with E-state index in [9.17, 15) is 13.2 Å². The van der Waals surface area contributed by atoms with Gasteiger partial charge in [-0.2, -0.15) is 0 Å². The molecule has 0 radical (unpaired) electrons. The summed E-state index contributed by atoms with van der Waals surface area (Å²) < 4.78 is 23.2. The number of benzene rings is 1. The summed E-state index contributed by atoms with van der Waals surface area (Å²) in [7, 11) is -3.05. The molecule has 1 saturated heterocycles. The Balaban J connectivity index is 1.72. The molecular weight excluding hydrogens is 386 g/mol. The van der Waals surface area contributed by atoms with Gasteiger partial charge in [-0.05, 0) is 29.8 Å².